The van der Waals surface area contributed by atoms with Crippen LogP contribution in [0.1, 0.15) is 27.7 Å². The lowest BCUT2D eigenvalue weighted by atomic mass is 9.80. The Morgan fingerprint density at radius 3 is 2.11 bits per heavy atom. The molecule has 0 aromatic rings. The van der Waals surface area contributed by atoms with Crippen LogP contribution in [0.3, 0.4) is 0 Å². The van der Waals surface area contributed by atoms with Crippen LogP contribution >= 0.6 is 0 Å². The summed E-state index contributed by atoms with van der Waals surface area (Å²) in [7, 11) is 0. The van der Waals surface area contributed by atoms with Crippen LogP contribution in [0.5, 0.6) is 0 Å². The lowest BCUT2D eigenvalue weighted by Gasteiger charge is -2.49. The van der Waals surface area contributed by atoms with E-state index in [9.17, 15) is 24.3 Å². The number of ether oxygens (including phenoxy) is 5. The minimum atomic E-state index is -2.27. The molecule has 11 nitrogen and oxygen atoms in total. The zero-order chi connectivity index (χ0) is 20.8. The van der Waals surface area contributed by atoms with Gasteiger partial charge in [-0.25, -0.2) is 0 Å². The summed E-state index contributed by atoms with van der Waals surface area (Å²) in [5, 5.41) is 19.4. The Bertz CT molecular complexity index is 575. The molecule has 2 N–H and O–H groups in total. The second-order valence-corrected chi connectivity index (χ2v) is 5.85. The van der Waals surface area contributed by atoms with Crippen LogP contribution < -0.4 is 0 Å². The summed E-state index contributed by atoms with van der Waals surface area (Å²) < 4.78 is 25.8. The van der Waals surface area contributed by atoms with E-state index in [1.807, 2.05) is 0 Å². The molecule has 154 valence electrons. The van der Waals surface area contributed by atoms with E-state index in [0.29, 0.717) is 0 Å². The Balaban J connectivity index is 3.43. The van der Waals surface area contributed by atoms with Gasteiger partial charge in [0.1, 0.15) is 18.8 Å². The topological polar surface area (TPSA) is 155 Å². The molecular formula is C16H24O11. The number of hydrogen-bond acceptors (Lipinski definition) is 11. The first-order chi connectivity index (χ1) is 12.6. The van der Waals surface area contributed by atoms with Crippen LogP contribution in [-0.2, 0) is 42.9 Å². The molecule has 1 rings (SSSR count). The van der Waals surface area contributed by atoms with Crippen molar-refractivity contribution >= 4 is 23.7 Å². The fourth-order valence-corrected chi connectivity index (χ4v) is 2.78. The molecule has 0 unspecified atom stereocenters. The molecule has 1 aliphatic rings. The van der Waals surface area contributed by atoms with E-state index in [2.05, 4.69) is 0 Å². The monoisotopic (exact) mass is 392 g/mol. The highest BCUT2D eigenvalue weighted by molar-refractivity contribution is 5.90. The number of aliphatic hydroxyl groups is 2. The summed E-state index contributed by atoms with van der Waals surface area (Å²) in [4.78, 5) is 46.9. The van der Waals surface area contributed by atoms with E-state index in [0.717, 1.165) is 27.7 Å². The van der Waals surface area contributed by atoms with Crippen molar-refractivity contribution < 1.29 is 53.1 Å². The van der Waals surface area contributed by atoms with E-state index < -0.39 is 67.1 Å². The normalized spacial score (nSPS) is 30.3. The van der Waals surface area contributed by atoms with E-state index in [4.69, 9.17) is 28.8 Å². The average molecular weight is 392 g/mol. The van der Waals surface area contributed by atoms with Crippen molar-refractivity contribution in [3.8, 4) is 0 Å². The SMILES string of the molecule is CC(=O)OC[C@H]1O[C@H](OCCO)[C@H](O)[C@@H](OC(C)=O)[C@@]1(OC(C)=O)C(C)=O. The van der Waals surface area contributed by atoms with Gasteiger partial charge in [-0.05, 0) is 6.92 Å². The molecule has 0 amide bonds. The van der Waals surface area contributed by atoms with Crippen molar-refractivity contribution in [1.82, 2.24) is 0 Å². The Morgan fingerprint density at radius 1 is 1.04 bits per heavy atom. The summed E-state index contributed by atoms with van der Waals surface area (Å²) in [6.07, 6.45) is -6.34. The molecular weight excluding hydrogens is 368 g/mol. The first kappa shape index (κ1) is 23.0. The molecule has 27 heavy (non-hydrogen) atoms. The summed E-state index contributed by atoms with van der Waals surface area (Å²) in [6, 6.07) is 0. The van der Waals surface area contributed by atoms with Crippen LogP contribution in [0, 0.1) is 0 Å². The quantitative estimate of drug-likeness (QED) is 0.365. The van der Waals surface area contributed by atoms with Crippen LogP contribution in [0.2, 0.25) is 0 Å². The van der Waals surface area contributed by atoms with Crippen LogP contribution in [0.15, 0.2) is 0 Å². The van der Waals surface area contributed by atoms with E-state index in [1.165, 1.54) is 0 Å². The molecule has 1 saturated heterocycles. The van der Waals surface area contributed by atoms with E-state index in [-0.39, 0.29) is 6.61 Å². The van der Waals surface area contributed by atoms with Gasteiger partial charge in [-0.1, -0.05) is 0 Å². The predicted molar refractivity (Wildman–Crippen MR) is 85.1 cm³/mol. The average Bonchev–Trinajstić information content (AvgIpc) is 2.55. The summed E-state index contributed by atoms with van der Waals surface area (Å²) in [6.45, 7) is 3.01. The van der Waals surface area contributed by atoms with Gasteiger partial charge in [-0.2, -0.15) is 0 Å². The fourth-order valence-electron chi connectivity index (χ4n) is 2.78. The highest BCUT2D eigenvalue weighted by Crippen LogP contribution is 2.37. The standard InChI is InChI=1S/C16H24O11/c1-8(18)16(27-11(4)21)12(7-24-9(2)19)26-15(23-6-5-17)13(22)14(16)25-10(3)20/h12-15,17,22H,5-7H2,1-4H3/t12-,13-,14-,15+,16-/m1/s1. The number of carbonyl (C=O) groups is 4. The third-order valence-corrected chi connectivity index (χ3v) is 3.76. The molecule has 0 spiro atoms. The van der Waals surface area contributed by atoms with Crippen molar-refractivity contribution in [1.29, 1.82) is 0 Å². The first-order valence-electron chi connectivity index (χ1n) is 8.13. The lowest BCUT2D eigenvalue weighted by Crippen LogP contribution is -2.72. The van der Waals surface area contributed by atoms with Crippen molar-refractivity contribution in [2.75, 3.05) is 19.8 Å². The number of esters is 3. The maximum atomic E-state index is 12.5. The smallest absolute Gasteiger partial charge is 0.303 e. The van der Waals surface area contributed by atoms with Crippen LogP contribution in [0.4, 0.5) is 0 Å². The van der Waals surface area contributed by atoms with Crippen molar-refractivity contribution in [2.45, 2.75) is 57.9 Å². The molecule has 0 aromatic heterocycles. The third kappa shape index (κ3) is 5.45. The van der Waals surface area contributed by atoms with Crippen molar-refractivity contribution in [3.05, 3.63) is 0 Å². The molecule has 11 heteroatoms. The summed E-state index contributed by atoms with van der Waals surface area (Å²) in [5.41, 5.74) is -2.27. The van der Waals surface area contributed by atoms with Crippen LogP contribution in [-0.4, -0.2) is 83.9 Å². The highest BCUT2D eigenvalue weighted by atomic mass is 16.7. The maximum absolute atomic E-state index is 12.5. The lowest BCUT2D eigenvalue weighted by molar-refractivity contribution is -0.326. The predicted octanol–water partition coefficient (Wildman–Crippen LogP) is -1.53. The molecule has 0 radical (unpaired) electrons. The number of Topliss-reactive ketones (excluding diaryl/α,β-unsaturated/α-hetero) is 1. The van der Waals surface area contributed by atoms with Gasteiger partial charge in [-0.15, -0.1) is 0 Å². The Morgan fingerprint density at radius 2 is 1.67 bits per heavy atom. The van der Waals surface area contributed by atoms with Gasteiger partial charge in [0.05, 0.1) is 13.2 Å². The minimum Gasteiger partial charge on any atom is -0.463 e. The second-order valence-electron chi connectivity index (χ2n) is 5.85. The molecule has 0 aliphatic carbocycles. The maximum Gasteiger partial charge on any atom is 0.303 e. The molecule has 5 atom stereocenters. The van der Waals surface area contributed by atoms with Gasteiger partial charge in [0, 0.05) is 20.8 Å². The minimum absolute atomic E-state index is 0.241. The Kier molecular flexibility index (Phi) is 8.28. The van der Waals surface area contributed by atoms with Gasteiger partial charge in [-0.3, -0.25) is 19.2 Å². The van der Waals surface area contributed by atoms with Crippen molar-refractivity contribution in [2.24, 2.45) is 0 Å². The number of ketones is 1. The molecule has 0 saturated carbocycles. The third-order valence-electron chi connectivity index (χ3n) is 3.76. The van der Waals surface area contributed by atoms with Gasteiger partial charge < -0.3 is 33.9 Å². The Labute approximate surface area is 155 Å². The number of rotatable bonds is 8. The zero-order valence-corrected chi connectivity index (χ0v) is 15.5. The molecule has 0 bridgehead atoms. The van der Waals surface area contributed by atoms with Crippen molar-refractivity contribution in [3.63, 3.8) is 0 Å². The number of hydrogen-bond donors (Lipinski definition) is 2. The van der Waals surface area contributed by atoms with Gasteiger partial charge in [0.25, 0.3) is 0 Å². The van der Waals surface area contributed by atoms with Gasteiger partial charge in [0.2, 0.25) is 5.60 Å². The molecule has 1 fully saturated rings. The molecule has 1 heterocycles. The summed E-state index contributed by atoms with van der Waals surface area (Å²) >= 11 is 0. The molecule has 1 aliphatic heterocycles. The fraction of sp³-hybridized carbons (Fsp3) is 0.750. The first-order valence-corrected chi connectivity index (χ1v) is 8.13. The zero-order valence-electron chi connectivity index (χ0n) is 15.5. The number of carbonyl (C=O) groups excluding carboxylic acids is 4. The molecule has 0 aromatic carbocycles. The van der Waals surface area contributed by atoms with E-state index in [1.54, 1.807) is 0 Å². The largest absolute Gasteiger partial charge is 0.463 e. The highest BCUT2D eigenvalue weighted by Gasteiger charge is 2.64. The van der Waals surface area contributed by atoms with Gasteiger partial charge >= 0.3 is 17.9 Å². The number of aliphatic hydroxyl groups excluding tert-OH is 2. The van der Waals surface area contributed by atoms with Crippen LogP contribution in [0.25, 0.3) is 0 Å². The second kappa shape index (κ2) is 9.74. The Hall–Kier alpha value is -2.08. The van der Waals surface area contributed by atoms with E-state index >= 15 is 0 Å². The summed E-state index contributed by atoms with van der Waals surface area (Å²) in [5.74, 6) is -3.30. The van der Waals surface area contributed by atoms with Gasteiger partial charge in [0.15, 0.2) is 18.2 Å².